The third kappa shape index (κ3) is 3.58. The van der Waals surface area contributed by atoms with Crippen LogP contribution in [-0.2, 0) is 0 Å². The van der Waals surface area contributed by atoms with Gasteiger partial charge in [-0.1, -0.05) is 36.9 Å². The number of fused-ring (bicyclic) bond motifs is 1. The van der Waals surface area contributed by atoms with E-state index in [1.165, 1.54) is 12.1 Å². The SMILES string of the molecule is C=CCOc1ccc(C2C(C#N)=C(N)Oc3n[nH]c(-c4cccc([N+](=O)[O-])c4)c32)cc1. The maximum atomic E-state index is 11.2. The lowest BCUT2D eigenvalue weighted by Gasteiger charge is -2.24. The number of aromatic amines is 1. The van der Waals surface area contributed by atoms with Crippen LogP contribution in [0.3, 0.4) is 0 Å². The minimum atomic E-state index is -0.574. The molecule has 9 nitrogen and oxygen atoms in total. The summed E-state index contributed by atoms with van der Waals surface area (Å²) in [6.45, 7) is 3.99. The number of nitro benzene ring substituents is 1. The van der Waals surface area contributed by atoms with E-state index < -0.39 is 10.8 Å². The van der Waals surface area contributed by atoms with Gasteiger partial charge in [0, 0.05) is 17.7 Å². The zero-order valence-corrected chi connectivity index (χ0v) is 16.2. The number of hydrogen-bond acceptors (Lipinski definition) is 7. The predicted molar refractivity (Wildman–Crippen MR) is 112 cm³/mol. The largest absolute Gasteiger partial charge is 0.490 e. The Morgan fingerprint density at radius 1 is 1.35 bits per heavy atom. The highest BCUT2D eigenvalue weighted by Gasteiger charge is 2.35. The summed E-state index contributed by atoms with van der Waals surface area (Å²) in [6.07, 6.45) is 1.65. The monoisotopic (exact) mass is 415 g/mol. The van der Waals surface area contributed by atoms with Crippen molar-refractivity contribution in [2.24, 2.45) is 5.73 Å². The van der Waals surface area contributed by atoms with Gasteiger partial charge in [0.1, 0.15) is 24.0 Å². The number of rotatable bonds is 6. The molecule has 0 amide bonds. The standard InChI is InChI=1S/C22H17N5O4/c1-2-10-30-16-8-6-13(7-9-16)18-17(12-23)21(24)31-22-19(18)20(25-26-22)14-4-3-5-15(11-14)27(28)29/h2-9,11,18H,1,10,24H2,(H,25,26). The van der Waals surface area contributed by atoms with E-state index in [0.717, 1.165) is 5.56 Å². The van der Waals surface area contributed by atoms with Crippen LogP contribution >= 0.6 is 0 Å². The van der Waals surface area contributed by atoms with Gasteiger partial charge in [0.25, 0.3) is 5.69 Å². The van der Waals surface area contributed by atoms with Crippen molar-refractivity contribution in [3.05, 3.63) is 93.9 Å². The molecule has 3 aromatic rings. The molecule has 1 aliphatic rings. The zero-order chi connectivity index (χ0) is 22.0. The number of allylic oxidation sites excluding steroid dienone is 1. The minimum Gasteiger partial charge on any atom is -0.490 e. The molecule has 0 bridgehead atoms. The summed E-state index contributed by atoms with van der Waals surface area (Å²) in [7, 11) is 0. The van der Waals surface area contributed by atoms with Crippen molar-refractivity contribution in [2.45, 2.75) is 5.92 Å². The lowest BCUT2D eigenvalue weighted by Crippen LogP contribution is -2.21. The zero-order valence-electron chi connectivity index (χ0n) is 16.2. The number of nitrogens with two attached hydrogens (primary N) is 1. The fourth-order valence-corrected chi connectivity index (χ4v) is 3.49. The average molecular weight is 415 g/mol. The van der Waals surface area contributed by atoms with Crippen molar-refractivity contribution in [2.75, 3.05) is 6.61 Å². The van der Waals surface area contributed by atoms with Crippen LogP contribution in [0.4, 0.5) is 5.69 Å². The molecule has 0 spiro atoms. The van der Waals surface area contributed by atoms with E-state index in [1.54, 1.807) is 30.3 Å². The highest BCUT2D eigenvalue weighted by atomic mass is 16.6. The molecule has 0 saturated heterocycles. The van der Waals surface area contributed by atoms with Crippen molar-refractivity contribution >= 4 is 5.69 Å². The van der Waals surface area contributed by atoms with Gasteiger partial charge in [0.05, 0.1) is 22.1 Å². The van der Waals surface area contributed by atoms with Crippen molar-refractivity contribution in [3.63, 3.8) is 0 Å². The summed E-state index contributed by atoms with van der Waals surface area (Å²) >= 11 is 0. The lowest BCUT2D eigenvalue weighted by atomic mass is 9.83. The summed E-state index contributed by atoms with van der Waals surface area (Å²) < 4.78 is 11.1. The topological polar surface area (TPSA) is 140 Å². The second-order valence-corrected chi connectivity index (χ2v) is 6.72. The molecule has 0 radical (unpaired) electrons. The number of aromatic nitrogens is 2. The highest BCUT2D eigenvalue weighted by molar-refractivity contribution is 5.72. The number of hydrogen-bond donors (Lipinski definition) is 2. The smallest absolute Gasteiger partial charge is 0.270 e. The van der Waals surface area contributed by atoms with E-state index in [1.807, 2.05) is 12.1 Å². The van der Waals surface area contributed by atoms with Gasteiger partial charge in [-0.05, 0) is 17.7 Å². The molecule has 154 valence electrons. The first kappa shape index (κ1) is 19.7. The fraction of sp³-hybridized carbons (Fsp3) is 0.0909. The van der Waals surface area contributed by atoms with Crippen LogP contribution in [-0.4, -0.2) is 21.7 Å². The molecule has 1 aliphatic heterocycles. The number of ether oxygens (including phenoxy) is 2. The van der Waals surface area contributed by atoms with Gasteiger partial charge in [0.15, 0.2) is 0 Å². The first-order valence-electron chi connectivity index (χ1n) is 9.27. The number of nitrogens with one attached hydrogen (secondary N) is 1. The Hall–Kier alpha value is -4.58. The van der Waals surface area contributed by atoms with E-state index in [-0.39, 0.29) is 23.0 Å². The van der Waals surface area contributed by atoms with Gasteiger partial charge in [-0.2, -0.15) is 5.26 Å². The molecule has 2 heterocycles. The van der Waals surface area contributed by atoms with Gasteiger partial charge in [-0.25, -0.2) is 0 Å². The molecule has 1 unspecified atom stereocenters. The van der Waals surface area contributed by atoms with Crippen LogP contribution in [0.5, 0.6) is 11.6 Å². The van der Waals surface area contributed by atoms with Crippen LogP contribution < -0.4 is 15.2 Å². The molecular formula is C22H17N5O4. The lowest BCUT2D eigenvalue weighted by molar-refractivity contribution is -0.384. The third-order valence-electron chi connectivity index (χ3n) is 4.87. The molecule has 0 aliphatic carbocycles. The van der Waals surface area contributed by atoms with Gasteiger partial charge >= 0.3 is 0 Å². The van der Waals surface area contributed by atoms with E-state index in [0.29, 0.717) is 29.2 Å². The second-order valence-electron chi connectivity index (χ2n) is 6.72. The van der Waals surface area contributed by atoms with Gasteiger partial charge < -0.3 is 15.2 Å². The van der Waals surface area contributed by atoms with Crippen LogP contribution in [0.15, 0.2) is 72.6 Å². The number of nitro groups is 1. The predicted octanol–water partition coefficient (Wildman–Crippen LogP) is 3.77. The van der Waals surface area contributed by atoms with Gasteiger partial charge in [-0.15, -0.1) is 5.10 Å². The van der Waals surface area contributed by atoms with Crippen molar-refractivity contribution in [3.8, 4) is 29.0 Å². The number of nitriles is 1. The highest BCUT2D eigenvalue weighted by Crippen LogP contribution is 2.46. The van der Waals surface area contributed by atoms with Crippen molar-refractivity contribution in [1.82, 2.24) is 10.2 Å². The maximum Gasteiger partial charge on any atom is 0.270 e. The van der Waals surface area contributed by atoms with Crippen LogP contribution in [0.1, 0.15) is 17.0 Å². The molecule has 0 saturated carbocycles. The number of benzene rings is 2. The summed E-state index contributed by atoms with van der Waals surface area (Å²) in [5.74, 6) is 0.256. The average Bonchev–Trinajstić information content (AvgIpc) is 3.20. The van der Waals surface area contributed by atoms with E-state index in [9.17, 15) is 15.4 Å². The summed E-state index contributed by atoms with van der Waals surface area (Å²) in [5, 5.41) is 28.1. The Bertz CT molecular complexity index is 1240. The summed E-state index contributed by atoms with van der Waals surface area (Å²) in [4.78, 5) is 10.7. The first-order valence-corrected chi connectivity index (χ1v) is 9.27. The molecule has 31 heavy (non-hydrogen) atoms. The second kappa shape index (κ2) is 8.04. The van der Waals surface area contributed by atoms with Crippen LogP contribution in [0, 0.1) is 21.4 Å². The quantitative estimate of drug-likeness (QED) is 0.355. The van der Waals surface area contributed by atoms with Gasteiger partial charge in [-0.3, -0.25) is 15.2 Å². The fourth-order valence-electron chi connectivity index (χ4n) is 3.49. The molecule has 3 N–H and O–H groups in total. The summed E-state index contributed by atoms with van der Waals surface area (Å²) in [6, 6.07) is 15.5. The maximum absolute atomic E-state index is 11.2. The van der Waals surface area contributed by atoms with E-state index in [4.69, 9.17) is 15.2 Å². The molecule has 1 atom stereocenters. The Morgan fingerprint density at radius 2 is 2.13 bits per heavy atom. The molecule has 0 fully saturated rings. The number of nitrogens with zero attached hydrogens (tertiary/aromatic N) is 3. The Labute approximate surface area is 177 Å². The molecule has 9 heteroatoms. The van der Waals surface area contributed by atoms with Gasteiger partial charge in [0.2, 0.25) is 11.8 Å². The molecule has 2 aromatic carbocycles. The van der Waals surface area contributed by atoms with E-state index in [2.05, 4.69) is 22.8 Å². The van der Waals surface area contributed by atoms with Crippen molar-refractivity contribution < 1.29 is 14.4 Å². The molecule has 1 aromatic heterocycles. The minimum absolute atomic E-state index is 0.0379. The van der Waals surface area contributed by atoms with Crippen LogP contribution in [0.25, 0.3) is 11.3 Å². The Morgan fingerprint density at radius 3 is 2.81 bits per heavy atom. The molecule has 4 rings (SSSR count). The van der Waals surface area contributed by atoms with Crippen LogP contribution in [0.2, 0.25) is 0 Å². The third-order valence-corrected chi connectivity index (χ3v) is 4.87. The normalized spacial score (nSPS) is 14.9. The number of non-ortho nitro benzene ring substituents is 1. The first-order chi connectivity index (χ1) is 15.0. The van der Waals surface area contributed by atoms with E-state index >= 15 is 0 Å². The Kier molecular flexibility index (Phi) is 5.12. The van der Waals surface area contributed by atoms with Crippen molar-refractivity contribution in [1.29, 1.82) is 5.26 Å². The summed E-state index contributed by atoms with van der Waals surface area (Å²) in [5.41, 5.74) is 8.55. The number of H-pyrrole nitrogens is 1. The Balaban J connectivity index is 1.84. The molecular weight excluding hydrogens is 398 g/mol.